The van der Waals surface area contributed by atoms with Gasteiger partial charge in [0.05, 0.1) is 19.4 Å². The summed E-state index contributed by atoms with van der Waals surface area (Å²) in [4.78, 5) is 37.7. The molecule has 2 aromatic carbocycles. The molecule has 0 radical (unpaired) electrons. The normalized spacial score (nSPS) is 16.9. The van der Waals surface area contributed by atoms with Crippen LogP contribution in [0.4, 0.5) is 5.69 Å². The second-order valence-corrected chi connectivity index (χ2v) is 12.2. The van der Waals surface area contributed by atoms with E-state index in [1.165, 1.54) is 50.3 Å². The van der Waals surface area contributed by atoms with E-state index in [-0.39, 0.29) is 5.91 Å². The van der Waals surface area contributed by atoms with Gasteiger partial charge in [-0.15, -0.1) is 11.8 Å². The van der Waals surface area contributed by atoms with E-state index in [1.54, 1.807) is 12.0 Å². The topological polar surface area (TPSA) is 117 Å². The number of carboxylic acid groups (broad SMARTS) is 2. The lowest BCUT2D eigenvalue weighted by Gasteiger charge is -2.32. The number of carbonyl (C=O) groups is 3. The third-order valence-corrected chi connectivity index (χ3v) is 9.07. The van der Waals surface area contributed by atoms with E-state index in [0.717, 1.165) is 47.3 Å². The summed E-state index contributed by atoms with van der Waals surface area (Å²) in [7, 11) is 5.73. The zero-order chi connectivity index (χ0) is 31.4. The molecule has 0 bridgehead atoms. The molecule has 2 aromatic rings. The molecule has 1 amide bonds. The number of methoxy groups -OCH3 is 1. The van der Waals surface area contributed by atoms with Crippen LogP contribution in [0.2, 0.25) is 5.02 Å². The molecule has 0 saturated heterocycles. The van der Waals surface area contributed by atoms with E-state index in [1.807, 2.05) is 43.4 Å². The summed E-state index contributed by atoms with van der Waals surface area (Å²) in [5, 5.41) is 15.9. The Morgan fingerprint density at radius 2 is 1.74 bits per heavy atom. The van der Waals surface area contributed by atoms with Gasteiger partial charge in [-0.3, -0.25) is 4.79 Å². The second-order valence-electron chi connectivity index (χ2n) is 10.6. The molecule has 9 nitrogen and oxygen atoms in total. The Labute approximate surface area is 262 Å². The number of amides is 1. The fourth-order valence-corrected chi connectivity index (χ4v) is 6.77. The lowest BCUT2D eigenvalue weighted by atomic mass is 9.94. The Morgan fingerprint density at radius 1 is 1.05 bits per heavy atom. The highest BCUT2D eigenvalue weighted by atomic mass is 35.5. The van der Waals surface area contributed by atoms with Crippen LogP contribution in [-0.2, 0) is 14.4 Å². The molecule has 0 spiro atoms. The summed E-state index contributed by atoms with van der Waals surface area (Å²) < 4.78 is 11.7. The third-order valence-electron chi connectivity index (χ3n) is 7.56. The van der Waals surface area contributed by atoms with Gasteiger partial charge >= 0.3 is 11.9 Å². The minimum Gasteiger partial charge on any atom is -0.497 e. The van der Waals surface area contributed by atoms with Crippen molar-refractivity contribution in [3.05, 3.63) is 59.1 Å². The van der Waals surface area contributed by atoms with Gasteiger partial charge in [0, 0.05) is 40.7 Å². The van der Waals surface area contributed by atoms with E-state index in [9.17, 15) is 14.4 Å². The number of unbranched alkanes of at least 4 members (excludes halogenated alkanes) is 2. The van der Waals surface area contributed by atoms with E-state index in [4.69, 9.17) is 31.3 Å². The molecule has 1 atom stereocenters. The second kappa shape index (κ2) is 17.2. The van der Waals surface area contributed by atoms with Gasteiger partial charge in [0.15, 0.2) is 0 Å². The first-order chi connectivity index (χ1) is 20.6. The maximum Gasteiger partial charge on any atom is 0.328 e. The smallest absolute Gasteiger partial charge is 0.328 e. The van der Waals surface area contributed by atoms with E-state index in [0.29, 0.717) is 29.5 Å². The van der Waals surface area contributed by atoms with Crippen molar-refractivity contribution in [1.82, 2.24) is 4.90 Å². The molecule has 0 aromatic heterocycles. The van der Waals surface area contributed by atoms with Gasteiger partial charge in [0.25, 0.3) is 0 Å². The molecule has 1 aliphatic heterocycles. The number of hydrogen-bond donors (Lipinski definition) is 2. The number of aliphatic carboxylic acids is 2. The number of thioether (sulfide) groups is 1. The molecule has 1 aliphatic carbocycles. The average Bonchev–Trinajstić information content (AvgIpc) is 3.00. The van der Waals surface area contributed by atoms with Crippen LogP contribution < -0.4 is 14.4 Å². The standard InChI is InChI=1S/C28H37ClN2O3S.C4H4O4/c1-30(21-10-6-4-7-11-21)16-8-5-9-17-34-25-15-13-22(33-3)19-23(25)27-28(32)31(2)24-14-12-20(29)18-26(24)35-27;5-3(6)1-2-4(7)8/h12-15,18-19,21,27H,4-11,16-17H2,1-3H3;1-2H,(H,5,6)(H,7,8). The fraction of sp³-hybridized carbons (Fsp3) is 0.469. The van der Waals surface area contributed by atoms with Crippen molar-refractivity contribution in [3.8, 4) is 11.5 Å². The highest BCUT2D eigenvalue weighted by Crippen LogP contribution is 2.49. The van der Waals surface area contributed by atoms with Crippen LogP contribution in [-0.4, -0.2) is 73.4 Å². The molecule has 4 rings (SSSR count). The Kier molecular flexibility index (Phi) is 13.7. The quantitative estimate of drug-likeness (QED) is 0.195. The number of halogens is 1. The zero-order valence-corrected chi connectivity index (χ0v) is 26.5. The number of ether oxygens (including phenoxy) is 2. The van der Waals surface area contributed by atoms with Crippen LogP contribution >= 0.6 is 23.4 Å². The first-order valence-corrected chi connectivity index (χ1v) is 15.7. The fourth-order valence-electron chi connectivity index (χ4n) is 5.19. The number of nitrogens with zero attached hydrogens (tertiary/aromatic N) is 2. The molecule has 43 heavy (non-hydrogen) atoms. The van der Waals surface area contributed by atoms with Crippen molar-refractivity contribution in [3.63, 3.8) is 0 Å². The van der Waals surface area contributed by atoms with Crippen molar-refractivity contribution in [2.24, 2.45) is 0 Å². The van der Waals surface area contributed by atoms with Crippen LogP contribution in [0.5, 0.6) is 11.5 Å². The molecule has 1 fully saturated rings. The number of carboxylic acids is 2. The average molecular weight is 633 g/mol. The van der Waals surface area contributed by atoms with Gasteiger partial charge in [0.2, 0.25) is 5.91 Å². The lowest BCUT2D eigenvalue weighted by molar-refractivity contribution is -0.134. The summed E-state index contributed by atoms with van der Waals surface area (Å²) in [6.07, 6.45) is 11.3. The van der Waals surface area contributed by atoms with Crippen LogP contribution in [0.3, 0.4) is 0 Å². The zero-order valence-electron chi connectivity index (χ0n) is 25.0. The predicted molar refractivity (Wildman–Crippen MR) is 170 cm³/mol. The van der Waals surface area contributed by atoms with Crippen LogP contribution in [0, 0.1) is 0 Å². The minimum absolute atomic E-state index is 0.0219. The van der Waals surface area contributed by atoms with E-state index < -0.39 is 17.2 Å². The summed E-state index contributed by atoms with van der Waals surface area (Å²) in [5.74, 6) is -1.03. The summed E-state index contributed by atoms with van der Waals surface area (Å²) >= 11 is 7.76. The molecule has 1 heterocycles. The summed E-state index contributed by atoms with van der Waals surface area (Å²) in [6, 6.07) is 12.1. The predicted octanol–water partition coefficient (Wildman–Crippen LogP) is 6.68. The number of fused-ring (bicyclic) bond motifs is 1. The van der Waals surface area contributed by atoms with Gasteiger partial charge < -0.3 is 29.5 Å². The van der Waals surface area contributed by atoms with E-state index >= 15 is 0 Å². The van der Waals surface area contributed by atoms with Crippen LogP contribution in [0.25, 0.3) is 0 Å². The van der Waals surface area contributed by atoms with Gasteiger partial charge in [-0.05, 0) is 82.1 Å². The first kappa shape index (κ1) is 34.3. The molecule has 1 unspecified atom stereocenters. The Hall–Kier alpha value is -3.21. The number of anilines is 1. The maximum absolute atomic E-state index is 13.3. The number of carbonyl (C=O) groups excluding carboxylic acids is 1. The molecule has 1 saturated carbocycles. The number of hydrogen-bond acceptors (Lipinski definition) is 7. The monoisotopic (exact) mass is 632 g/mol. The minimum atomic E-state index is -1.26. The van der Waals surface area contributed by atoms with Crippen LogP contribution in [0.1, 0.15) is 62.2 Å². The van der Waals surface area contributed by atoms with Gasteiger partial charge in [-0.2, -0.15) is 0 Å². The number of benzene rings is 2. The number of rotatable bonds is 12. The van der Waals surface area contributed by atoms with Gasteiger partial charge in [-0.25, -0.2) is 9.59 Å². The summed E-state index contributed by atoms with van der Waals surface area (Å²) in [5.41, 5.74) is 1.72. The third kappa shape index (κ3) is 10.5. The van der Waals surface area contributed by atoms with Gasteiger partial charge in [0.1, 0.15) is 16.7 Å². The molecule has 234 valence electrons. The molecule has 11 heteroatoms. The SMILES string of the molecule is COc1ccc(OCCCCCN(C)C2CCCCC2)c(C2Sc3cc(Cl)ccc3N(C)C2=O)c1.O=C(O)C=CC(=O)O. The van der Waals surface area contributed by atoms with Crippen molar-refractivity contribution >= 4 is 46.9 Å². The molecular weight excluding hydrogens is 592 g/mol. The highest BCUT2D eigenvalue weighted by Gasteiger charge is 2.35. The van der Waals surface area contributed by atoms with Gasteiger partial charge in [-0.1, -0.05) is 30.9 Å². The van der Waals surface area contributed by atoms with Crippen molar-refractivity contribution < 1.29 is 34.1 Å². The lowest BCUT2D eigenvalue weighted by Crippen LogP contribution is -2.34. The maximum atomic E-state index is 13.3. The highest BCUT2D eigenvalue weighted by molar-refractivity contribution is 8.00. The first-order valence-electron chi connectivity index (χ1n) is 14.5. The summed E-state index contributed by atoms with van der Waals surface area (Å²) in [6.45, 7) is 1.79. The Morgan fingerprint density at radius 3 is 2.40 bits per heavy atom. The number of likely N-dealkylation sites (N-methyl/N-ethyl adjacent to an activating group) is 1. The molecule has 2 aliphatic rings. The molecular formula is C32H41ClN2O7S. The van der Waals surface area contributed by atoms with Crippen molar-refractivity contribution in [2.45, 2.75) is 67.6 Å². The largest absolute Gasteiger partial charge is 0.497 e. The molecule has 2 N–H and O–H groups in total. The van der Waals surface area contributed by atoms with Crippen LogP contribution in [0.15, 0.2) is 53.4 Å². The Bertz CT molecular complexity index is 1270. The Balaban J connectivity index is 0.000000557. The van der Waals surface area contributed by atoms with Crippen molar-refractivity contribution in [1.29, 1.82) is 0 Å². The van der Waals surface area contributed by atoms with Crippen molar-refractivity contribution in [2.75, 3.05) is 39.3 Å². The van der Waals surface area contributed by atoms with E-state index in [2.05, 4.69) is 11.9 Å².